The molecule has 1 heteroatoms. The zero-order valence-electron chi connectivity index (χ0n) is 29.6. The Morgan fingerprint density at radius 1 is 0.269 bits per heavy atom. The second kappa shape index (κ2) is 11.8. The molecule has 0 heterocycles. The summed E-state index contributed by atoms with van der Waals surface area (Å²) < 4.78 is 0. The van der Waals surface area contributed by atoms with E-state index in [0.29, 0.717) is 0 Å². The molecule has 1 nitrogen and oxygen atoms in total. The van der Waals surface area contributed by atoms with Crippen LogP contribution < -0.4 is 4.90 Å². The Morgan fingerprint density at radius 3 is 0.750 bits per heavy atom. The summed E-state index contributed by atoms with van der Waals surface area (Å²) in [6.45, 7) is 4.55. The van der Waals surface area contributed by atoms with Crippen molar-refractivity contribution < 1.29 is 0 Å². The summed E-state index contributed by atoms with van der Waals surface area (Å²) in [5.41, 5.74) is 25.2. The second-order valence-electron chi connectivity index (χ2n) is 14.2. The van der Waals surface area contributed by atoms with Gasteiger partial charge in [-0.3, -0.25) is 0 Å². The van der Waals surface area contributed by atoms with E-state index in [4.69, 9.17) is 0 Å². The van der Waals surface area contributed by atoms with Gasteiger partial charge in [0.05, 0.1) is 0 Å². The van der Waals surface area contributed by atoms with Crippen LogP contribution in [-0.4, -0.2) is 7.05 Å². The lowest BCUT2D eigenvalue weighted by molar-refractivity contribution is 1.20. The van der Waals surface area contributed by atoms with Crippen molar-refractivity contribution in [2.75, 3.05) is 11.9 Å². The molecule has 2 aliphatic carbocycles. The lowest BCUT2D eigenvalue weighted by atomic mass is 9.79. The Labute approximate surface area is 306 Å². The fourth-order valence-electron chi connectivity index (χ4n) is 8.90. The number of nitrogens with zero attached hydrogens (tertiary/aromatic N) is 1. The Bertz CT molecular complexity index is 2540. The molecule has 0 fully saturated rings. The standard InChI is InChI=1S/C51H37N/c1-32-28-34(30-48-44-24-10-8-20-40(44)36-16-4-6-18-38(36)42-22-12-14-26-46(42)50(32)48)52(3)35-29-33(2)51-47-27-15-13-23-43(47)39-19-7-5-17-37(39)41-21-9-11-25-45(41)49(51)31-35/h4-31H,1-3H3. The molecule has 0 aromatic heterocycles. The third-order valence-corrected chi connectivity index (χ3v) is 11.3. The van der Waals surface area contributed by atoms with Gasteiger partial charge >= 0.3 is 0 Å². The second-order valence-corrected chi connectivity index (χ2v) is 14.2. The van der Waals surface area contributed by atoms with Crippen molar-refractivity contribution in [2.24, 2.45) is 0 Å². The molecule has 8 aromatic carbocycles. The Morgan fingerprint density at radius 2 is 0.481 bits per heavy atom. The van der Waals surface area contributed by atoms with Crippen molar-refractivity contribution in [1.82, 2.24) is 0 Å². The molecular formula is C51H37N. The monoisotopic (exact) mass is 663 g/mol. The van der Waals surface area contributed by atoms with Crippen molar-refractivity contribution in [1.29, 1.82) is 0 Å². The number of fused-ring (bicyclic) bond motifs is 16. The minimum atomic E-state index is 1.17. The van der Waals surface area contributed by atoms with E-state index in [1.165, 1.54) is 112 Å². The molecule has 0 radical (unpaired) electrons. The molecule has 0 amide bonds. The van der Waals surface area contributed by atoms with E-state index in [-0.39, 0.29) is 0 Å². The van der Waals surface area contributed by atoms with E-state index in [2.05, 4.69) is 196 Å². The normalized spacial score (nSPS) is 11.8. The lowest BCUT2D eigenvalue weighted by Crippen LogP contribution is -2.12. The molecule has 2 aliphatic rings. The van der Waals surface area contributed by atoms with Crippen LogP contribution in [0.1, 0.15) is 11.1 Å². The number of hydrogen-bond donors (Lipinski definition) is 0. The molecule has 0 saturated heterocycles. The highest BCUT2D eigenvalue weighted by atomic mass is 15.1. The third kappa shape index (κ3) is 4.56. The topological polar surface area (TPSA) is 3.24 Å². The van der Waals surface area contributed by atoms with Crippen molar-refractivity contribution >= 4 is 11.4 Å². The zero-order valence-corrected chi connectivity index (χ0v) is 29.6. The largest absolute Gasteiger partial charge is 0.345 e. The summed E-state index contributed by atoms with van der Waals surface area (Å²) in [5, 5.41) is 0. The quantitative estimate of drug-likeness (QED) is 0.178. The average Bonchev–Trinajstić information content (AvgIpc) is 3.19. The van der Waals surface area contributed by atoms with E-state index in [1.54, 1.807) is 0 Å². The Hall–Kier alpha value is -6.44. The van der Waals surface area contributed by atoms with Gasteiger partial charge in [0.25, 0.3) is 0 Å². The predicted molar refractivity (Wildman–Crippen MR) is 221 cm³/mol. The third-order valence-electron chi connectivity index (χ3n) is 11.3. The van der Waals surface area contributed by atoms with Crippen molar-refractivity contribution in [3.05, 3.63) is 181 Å². The number of aryl methyl sites for hydroxylation is 2. The van der Waals surface area contributed by atoms with Gasteiger partial charge < -0.3 is 4.90 Å². The van der Waals surface area contributed by atoms with Gasteiger partial charge in [0.15, 0.2) is 0 Å². The number of benzene rings is 8. The van der Waals surface area contributed by atoms with Crippen LogP contribution >= 0.6 is 0 Å². The fraction of sp³-hybridized carbons (Fsp3) is 0.0588. The molecule has 246 valence electrons. The minimum absolute atomic E-state index is 1.17. The Balaban J connectivity index is 1.20. The fourth-order valence-corrected chi connectivity index (χ4v) is 8.90. The first kappa shape index (κ1) is 30.4. The highest BCUT2D eigenvalue weighted by Gasteiger charge is 2.26. The number of hydrogen-bond acceptors (Lipinski definition) is 1. The summed E-state index contributed by atoms with van der Waals surface area (Å²) in [6, 6.07) is 63.0. The summed E-state index contributed by atoms with van der Waals surface area (Å²) in [4.78, 5) is 2.38. The first-order chi connectivity index (χ1) is 25.6. The van der Waals surface area contributed by atoms with Gasteiger partial charge in [-0.15, -0.1) is 0 Å². The van der Waals surface area contributed by atoms with Crippen LogP contribution in [0, 0.1) is 13.8 Å². The molecule has 0 bridgehead atoms. The number of anilines is 2. The Kier molecular flexibility index (Phi) is 6.91. The van der Waals surface area contributed by atoms with Crippen molar-refractivity contribution in [3.8, 4) is 89.0 Å². The van der Waals surface area contributed by atoms with E-state index in [0.717, 1.165) is 0 Å². The molecule has 0 saturated carbocycles. The van der Waals surface area contributed by atoms with Gasteiger partial charge in [-0.25, -0.2) is 0 Å². The van der Waals surface area contributed by atoms with Gasteiger partial charge in [-0.1, -0.05) is 146 Å². The maximum absolute atomic E-state index is 2.41. The summed E-state index contributed by atoms with van der Waals surface area (Å²) in [5.74, 6) is 0. The highest BCUT2D eigenvalue weighted by molar-refractivity contribution is 6.06. The van der Waals surface area contributed by atoms with Gasteiger partial charge in [0.2, 0.25) is 0 Å². The first-order valence-electron chi connectivity index (χ1n) is 18.2. The van der Waals surface area contributed by atoms with Gasteiger partial charge in [0, 0.05) is 18.4 Å². The van der Waals surface area contributed by atoms with Gasteiger partial charge in [0.1, 0.15) is 0 Å². The SMILES string of the molecule is Cc1cc(N(C)c2cc(C)c3c(c2)-c2ccccc2-c2ccccc2-c2ccccc2-3)cc2c1-c1ccccc1-c1ccccc1-c1ccccc1-2. The lowest BCUT2D eigenvalue weighted by Gasteiger charge is -2.29. The molecule has 0 unspecified atom stereocenters. The van der Waals surface area contributed by atoms with E-state index in [9.17, 15) is 0 Å². The van der Waals surface area contributed by atoms with Crippen LogP contribution in [0.4, 0.5) is 11.4 Å². The van der Waals surface area contributed by atoms with Crippen LogP contribution in [0.25, 0.3) is 89.0 Å². The maximum Gasteiger partial charge on any atom is 0.0417 e. The molecule has 0 aliphatic heterocycles. The molecule has 10 rings (SSSR count). The number of rotatable bonds is 2. The molecule has 8 aromatic rings. The maximum atomic E-state index is 2.41. The first-order valence-corrected chi connectivity index (χ1v) is 18.2. The van der Waals surface area contributed by atoms with Crippen LogP contribution in [0.2, 0.25) is 0 Å². The molecule has 0 spiro atoms. The molecule has 0 N–H and O–H groups in total. The summed E-state index contributed by atoms with van der Waals surface area (Å²) in [7, 11) is 2.22. The van der Waals surface area contributed by atoms with Crippen molar-refractivity contribution in [2.45, 2.75) is 13.8 Å². The van der Waals surface area contributed by atoms with Crippen LogP contribution in [-0.2, 0) is 0 Å². The predicted octanol–water partition coefficient (Wildman–Crippen LogP) is 14.0. The molecule has 52 heavy (non-hydrogen) atoms. The minimum Gasteiger partial charge on any atom is -0.345 e. The van der Waals surface area contributed by atoms with Crippen molar-refractivity contribution in [3.63, 3.8) is 0 Å². The zero-order chi connectivity index (χ0) is 34.9. The van der Waals surface area contributed by atoms with Gasteiger partial charge in [-0.2, -0.15) is 0 Å². The average molecular weight is 664 g/mol. The van der Waals surface area contributed by atoms with Gasteiger partial charge in [-0.05, 0) is 138 Å². The van der Waals surface area contributed by atoms with Crippen LogP contribution in [0.15, 0.2) is 170 Å². The summed E-state index contributed by atoms with van der Waals surface area (Å²) >= 11 is 0. The summed E-state index contributed by atoms with van der Waals surface area (Å²) in [6.07, 6.45) is 0. The van der Waals surface area contributed by atoms with Crippen LogP contribution in [0.3, 0.4) is 0 Å². The highest BCUT2D eigenvalue weighted by Crippen LogP contribution is 2.52. The smallest absolute Gasteiger partial charge is 0.0417 e. The van der Waals surface area contributed by atoms with E-state index < -0.39 is 0 Å². The van der Waals surface area contributed by atoms with E-state index >= 15 is 0 Å². The molecular weight excluding hydrogens is 627 g/mol. The van der Waals surface area contributed by atoms with Crippen LogP contribution in [0.5, 0.6) is 0 Å². The van der Waals surface area contributed by atoms with E-state index in [1.807, 2.05) is 0 Å². The molecule has 0 atom stereocenters.